The zero-order valence-electron chi connectivity index (χ0n) is 25.4. The van der Waals surface area contributed by atoms with Crippen molar-refractivity contribution in [2.45, 2.75) is 50.5 Å². The molecule has 1 aliphatic carbocycles. The van der Waals surface area contributed by atoms with Crippen molar-refractivity contribution in [3.63, 3.8) is 0 Å². The Kier molecular flexibility index (Phi) is 7.55. The quantitative estimate of drug-likeness (QED) is 0.258. The van der Waals surface area contributed by atoms with Crippen LogP contribution < -0.4 is 14.2 Å². The zero-order chi connectivity index (χ0) is 31.1. The van der Waals surface area contributed by atoms with Gasteiger partial charge in [-0.3, -0.25) is 4.90 Å². The second kappa shape index (κ2) is 11.7. The molecule has 2 aromatic heterocycles. The Balaban J connectivity index is 1.06. The largest absolute Gasteiger partial charge is 0.496 e. The van der Waals surface area contributed by atoms with Gasteiger partial charge in [0, 0.05) is 30.2 Å². The summed E-state index contributed by atoms with van der Waals surface area (Å²) in [5, 5.41) is 18.9. The molecule has 0 radical (unpaired) electrons. The van der Waals surface area contributed by atoms with Crippen molar-refractivity contribution in [3.05, 3.63) is 76.7 Å². The van der Waals surface area contributed by atoms with Gasteiger partial charge in [0.25, 0.3) is 0 Å². The number of carboxylic acid groups (broad SMARTS) is 1. The predicted molar refractivity (Wildman–Crippen MR) is 164 cm³/mol. The summed E-state index contributed by atoms with van der Waals surface area (Å²) in [5.41, 5.74) is 4.11. The van der Waals surface area contributed by atoms with Gasteiger partial charge in [-0.1, -0.05) is 12.1 Å². The minimum Gasteiger partial charge on any atom is -0.496 e. The molecule has 0 bridgehead atoms. The lowest BCUT2D eigenvalue weighted by atomic mass is 9.91. The molecule has 2 aliphatic heterocycles. The fourth-order valence-corrected chi connectivity index (χ4v) is 6.81. The van der Waals surface area contributed by atoms with Crippen LogP contribution in [0.3, 0.4) is 0 Å². The van der Waals surface area contributed by atoms with Crippen LogP contribution in [-0.2, 0) is 29.8 Å². The molecule has 2 aromatic carbocycles. The van der Waals surface area contributed by atoms with Crippen LogP contribution in [0.5, 0.6) is 17.4 Å². The van der Waals surface area contributed by atoms with Crippen LogP contribution in [0.4, 0.5) is 0 Å². The first-order chi connectivity index (χ1) is 21.9. The maximum Gasteiger partial charge on any atom is 0.335 e. The van der Waals surface area contributed by atoms with Gasteiger partial charge >= 0.3 is 5.97 Å². The number of aromatic carboxylic acids is 1. The molecule has 1 saturated carbocycles. The van der Waals surface area contributed by atoms with Gasteiger partial charge in [0.2, 0.25) is 5.88 Å². The summed E-state index contributed by atoms with van der Waals surface area (Å²) in [7, 11) is 3.13. The van der Waals surface area contributed by atoms with Gasteiger partial charge < -0.3 is 28.6 Å². The van der Waals surface area contributed by atoms with Crippen molar-refractivity contribution in [1.29, 1.82) is 5.26 Å². The normalized spacial score (nSPS) is 22.2. The number of nitrogens with zero attached hydrogens (tertiary/aromatic N) is 5. The smallest absolute Gasteiger partial charge is 0.335 e. The molecule has 3 unspecified atom stereocenters. The molecule has 4 heterocycles. The molecule has 3 fully saturated rings. The summed E-state index contributed by atoms with van der Waals surface area (Å²) in [4.78, 5) is 24.2. The average molecular weight is 610 g/mol. The number of methoxy groups -OCH3 is 2. The number of piperidine rings is 1. The minimum atomic E-state index is -0.998. The van der Waals surface area contributed by atoms with Gasteiger partial charge in [-0.2, -0.15) is 5.26 Å². The summed E-state index contributed by atoms with van der Waals surface area (Å²) in [5.74, 6) is 2.03. The lowest BCUT2D eigenvalue weighted by molar-refractivity contribution is -0.0592. The highest BCUT2D eigenvalue weighted by Crippen LogP contribution is 2.59. The Bertz CT molecular complexity index is 1810. The maximum atomic E-state index is 11.8. The molecule has 3 atom stereocenters. The Hall–Kier alpha value is -4.66. The number of rotatable bonds is 11. The molecule has 232 valence electrons. The number of benzene rings is 2. The molecule has 0 spiro atoms. The first-order valence-electron chi connectivity index (χ1n) is 15.2. The molecular weight excluding hydrogens is 574 g/mol. The number of ether oxygens (including phenoxy) is 4. The van der Waals surface area contributed by atoms with Crippen molar-refractivity contribution in [2.24, 2.45) is 5.92 Å². The Labute approximate surface area is 260 Å². The number of aromatic nitrogens is 3. The van der Waals surface area contributed by atoms with E-state index in [1.807, 2.05) is 18.2 Å². The highest BCUT2D eigenvalue weighted by atomic mass is 16.5. The van der Waals surface area contributed by atoms with E-state index in [4.69, 9.17) is 28.9 Å². The van der Waals surface area contributed by atoms with Gasteiger partial charge in [-0.05, 0) is 62.1 Å². The first-order valence-corrected chi connectivity index (χ1v) is 15.2. The number of likely N-dealkylation sites (tertiary alicyclic amines) is 1. The van der Waals surface area contributed by atoms with Crippen molar-refractivity contribution in [2.75, 3.05) is 33.9 Å². The summed E-state index contributed by atoms with van der Waals surface area (Å²) in [6.07, 6.45) is 3.12. The third kappa shape index (κ3) is 5.45. The number of imidazole rings is 1. The Morgan fingerprint density at radius 1 is 1.16 bits per heavy atom. The van der Waals surface area contributed by atoms with Crippen molar-refractivity contribution in [1.82, 2.24) is 19.4 Å². The molecule has 11 heteroatoms. The summed E-state index contributed by atoms with van der Waals surface area (Å²) in [6, 6.07) is 16.7. The van der Waals surface area contributed by atoms with E-state index in [1.165, 1.54) is 6.07 Å². The molecule has 4 aromatic rings. The Morgan fingerprint density at radius 3 is 2.71 bits per heavy atom. The lowest BCUT2D eigenvalue weighted by Crippen LogP contribution is -2.37. The zero-order valence-corrected chi connectivity index (χ0v) is 25.4. The van der Waals surface area contributed by atoms with Crippen LogP contribution in [0.15, 0.2) is 48.5 Å². The lowest BCUT2D eigenvalue weighted by Gasteiger charge is -2.32. The molecular formula is C34H35N5O6. The summed E-state index contributed by atoms with van der Waals surface area (Å²) < 4.78 is 25.0. The van der Waals surface area contributed by atoms with Crippen LogP contribution >= 0.6 is 0 Å². The van der Waals surface area contributed by atoms with Crippen molar-refractivity contribution >= 4 is 17.0 Å². The van der Waals surface area contributed by atoms with E-state index < -0.39 is 5.97 Å². The number of fused-ring (bicyclic) bond motifs is 2. The fourth-order valence-electron chi connectivity index (χ4n) is 6.81. The monoisotopic (exact) mass is 609 g/mol. The Morgan fingerprint density at radius 2 is 2.00 bits per heavy atom. The molecule has 7 rings (SSSR count). The molecule has 2 saturated heterocycles. The van der Waals surface area contributed by atoms with Gasteiger partial charge in [-0.15, -0.1) is 0 Å². The minimum absolute atomic E-state index is 0.0432. The van der Waals surface area contributed by atoms with Crippen LogP contribution in [0.1, 0.15) is 52.3 Å². The van der Waals surface area contributed by atoms with E-state index in [9.17, 15) is 15.2 Å². The fraction of sp³-hybridized carbons (Fsp3) is 0.412. The highest BCUT2D eigenvalue weighted by molar-refractivity contribution is 5.95. The van der Waals surface area contributed by atoms with Crippen molar-refractivity contribution in [3.8, 4) is 23.4 Å². The third-order valence-corrected chi connectivity index (χ3v) is 9.52. The molecule has 0 amide bonds. The second-order valence-electron chi connectivity index (χ2n) is 12.1. The molecule has 1 N–H and O–H groups in total. The topological polar surface area (TPSA) is 132 Å². The highest BCUT2D eigenvalue weighted by Gasteiger charge is 2.58. The number of hydrogen-bond acceptors (Lipinski definition) is 9. The van der Waals surface area contributed by atoms with Crippen LogP contribution in [-0.4, -0.2) is 70.5 Å². The number of carbonyl (C=O) groups is 1. The maximum absolute atomic E-state index is 11.8. The first kappa shape index (κ1) is 29.1. The van der Waals surface area contributed by atoms with Crippen molar-refractivity contribution < 1.29 is 28.8 Å². The number of carboxylic acids is 1. The van der Waals surface area contributed by atoms with Crippen LogP contribution in [0.25, 0.3) is 11.0 Å². The van der Waals surface area contributed by atoms with E-state index in [-0.39, 0.29) is 17.1 Å². The van der Waals surface area contributed by atoms with Crippen LogP contribution in [0.2, 0.25) is 0 Å². The SMILES string of the molecule is COc1cc(C#N)ccc1COc1cccc(C23CCN(Cc4nc5c(OC)cc(C(=O)O)cc5n4CC4CCO4)CC2C3)n1. The van der Waals surface area contributed by atoms with E-state index in [2.05, 4.69) is 21.6 Å². The number of nitriles is 1. The van der Waals surface area contributed by atoms with E-state index in [0.29, 0.717) is 54.1 Å². The third-order valence-electron chi connectivity index (χ3n) is 9.52. The van der Waals surface area contributed by atoms with Crippen LogP contribution in [0, 0.1) is 17.2 Å². The van der Waals surface area contributed by atoms with E-state index in [1.54, 1.807) is 32.4 Å². The summed E-state index contributed by atoms with van der Waals surface area (Å²) >= 11 is 0. The van der Waals surface area contributed by atoms with E-state index >= 15 is 0 Å². The van der Waals surface area contributed by atoms with Gasteiger partial charge in [-0.25, -0.2) is 14.8 Å². The summed E-state index contributed by atoms with van der Waals surface area (Å²) in [6.45, 7) is 4.15. The van der Waals surface area contributed by atoms with Gasteiger partial charge in [0.1, 0.15) is 29.4 Å². The molecule has 11 nitrogen and oxygen atoms in total. The van der Waals surface area contributed by atoms with Gasteiger partial charge in [0.15, 0.2) is 0 Å². The van der Waals surface area contributed by atoms with E-state index in [0.717, 1.165) is 61.6 Å². The second-order valence-corrected chi connectivity index (χ2v) is 12.1. The molecule has 3 aliphatic rings. The standard InChI is InChI=1S/C34H35N5O6/c1-42-27-12-21(16-35)6-7-22(27)20-45-31-5-3-4-29(36-31)34-9-10-38(17-24(34)15-34)19-30-37-32-26(39(30)18-25-8-11-44-25)13-23(33(40)41)14-28(32)43-2/h3-7,12-14,24-25H,8-11,15,17-20H2,1-2H3,(H,40,41). The van der Waals surface area contributed by atoms with Gasteiger partial charge in [0.05, 0.1) is 61.8 Å². The molecule has 45 heavy (non-hydrogen) atoms. The average Bonchev–Trinajstić information content (AvgIpc) is 3.68. The number of hydrogen-bond donors (Lipinski definition) is 1. The number of pyridine rings is 1. The predicted octanol–water partition coefficient (Wildman–Crippen LogP) is 4.55.